The molecule has 1 aliphatic rings. The zero-order valence-corrected chi connectivity index (χ0v) is 14.4. The minimum absolute atomic E-state index is 0.0325. The Morgan fingerprint density at radius 1 is 1.39 bits per heavy atom. The van der Waals surface area contributed by atoms with Crippen LogP contribution in [0, 0.1) is 12.3 Å². The highest BCUT2D eigenvalue weighted by Crippen LogP contribution is 2.29. The molecule has 1 aliphatic heterocycles. The Morgan fingerprint density at radius 2 is 2.13 bits per heavy atom. The summed E-state index contributed by atoms with van der Waals surface area (Å²) in [4.78, 5) is 12.3. The van der Waals surface area contributed by atoms with Gasteiger partial charge in [0.05, 0.1) is 6.04 Å². The van der Waals surface area contributed by atoms with Crippen molar-refractivity contribution in [3.8, 4) is 0 Å². The van der Waals surface area contributed by atoms with Gasteiger partial charge in [0.2, 0.25) is 0 Å². The van der Waals surface area contributed by atoms with Gasteiger partial charge in [-0.3, -0.25) is 0 Å². The van der Waals surface area contributed by atoms with Crippen LogP contribution in [0.4, 0.5) is 4.79 Å². The molecular formula is C16H29N5O2. The number of aryl methyl sites for hydroxylation is 1. The van der Waals surface area contributed by atoms with Gasteiger partial charge in [-0.2, -0.15) is 0 Å². The summed E-state index contributed by atoms with van der Waals surface area (Å²) >= 11 is 0. The number of urea groups is 1. The van der Waals surface area contributed by atoms with E-state index in [1.165, 1.54) is 0 Å². The zero-order chi connectivity index (χ0) is 16.9. The summed E-state index contributed by atoms with van der Waals surface area (Å²) < 4.78 is 2.07. The van der Waals surface area contributed by atoms with E-state index in [4.69, 9.17) is 0 Å². The lowest BCUT2D eigenvalue weighted by Gasteiger charge is -2.32. The third-order valence-corrected chi connectivity index (χ3v) is 5.22. The van der Waals surface area contributed by atoms with E-state index >= 15 is 0 Å². The molecule has 0 aromatic carbocycles. The number of aromatic nitrogens is 3. The summed E-state index contributed by atoms with van der Waals surface area (Å²) in [5, 5.41) is 23.6. The van der Waals surface area contributed by atoms with E-state index in [1.54, 1.807) is 0 Å². The average molecular weight is 323 g/mol. The van der Waals surface area contributed by atoms with E-state index in [-0.39, 0.29) is 24.1 Å². The van der Waals surface area contributed by atoms with Crippen molar-refractivity contribution < 1.29 is 9.90 Å². The number of nitrogens with one attached hydrogen (secondary N) is 2. The smallest absolute Gasteiger partial charge is 0.315 e. The van der Waals surface area contributed by atoms with Crippen LogP contribution in [0.15, 0.2) is 0 Å². The third-order valence-electron chi connectivity index (χ3n) is 5.22. The van der Waals surface area contributed by atoms with Crippen molar-refractivity contribution in [2.75, 3.05) is 13.2 Å². The maximum Gasteiger partial charge on any atom is 0.315 e. The van der Waals surface area contributed by atoms with Crippen LogP contribution in [-0.4, -0.2) is 39.1 Å². The van der Waals surface area contributed by atoms with E-state index in [9.17, 15) is 9.90 Å². The van der Waals surface area contributed by atoms with Crippen LogP contribution in [0.2, 0.25) is 0 Å². The van der Waals surface area contributed by atoms with Gasteiger partial charge >= 0.3 is 6.03 Å². The lowest BCUT2D eigenvalue weighted by molar-refractivity contribution is 0.162. The lowest BCUT2D eigenvalue weighted by atomic mass is 9.79. The third kappa shape index (κ3) is 4.02. The molecule has 1 aromatic rings. The van der Waals surface area contributed by atoms with Gasteiger partial charge in [0, 0.05) is 19.7 Å². The van der Waals surface area contributed by atoms with Crippen LogP contribution in [0.5, 0.6) is 0 Å². The van der Waals surface area contributed by atoms with Crippen LogP contribution >= 0.6 is 0 Å². The minimum atomic E-state index is -0.173. The topological polar surface area (TPSA) is 92.1 Å². The molecule has 2 heterocycles. The number of hydrogen-bond donors (Lipinski definition) is 3. The van der Waals surface area contributed by atoms with Crippen molar-refractivity contribution in [3.05, 3.63) is 11.6 Å². The van der Waals surface area contributed by atoms with Crippen molar-refractivity contribution in [2.24, 2.45) is 5.41 Å². The normalized spacial score (nSPS) is 17.7. The fourth-order valence-electron chi connectivity index (χ4n) is 3.31. The summed E-state index contributed by atoms with van der Waals surface area (Å²) in [5.74, 6) is 1.74. The second-order valence-electron chi connectivity index (χ2n) is 6.46. The number of carbonyl (C=O) groups is 1. The Hall–Kier alpha value is -1.63. The van der Waals surface area contributed by atoms with E-state index < -0.39 is 0 Å². The lowest BCUT2D eigenvalue weighted by Crippen LogP contribution is -2.44. The van der Waals surface area contributed by atoms with E-state index in [2.05, 4.69) is 39.2 Å². The monoisotopic (exact) mass is 323 g/mol. The number of hydrogen-bond acceptors (Lipinski definition) is 4. The van der Waals surface area contributed by atoms with E-state index in [0.29, 0.717) is 13.0 Å². The molecule has 7 heteroatoms. The summed E-state index contributed by atoms with van der Waals surface area (Å²) in [5.41, 5.74) is -0.0325. The maximum absolute atomic E-state index is 12.3. The molecule has 23 heavy (non-hydrogen) atoms. The minimum Gasteiger partial charge on any atom is -0.396 e. The Morgan fingerprint density at radius 3 is 2.78 bits per heavy atom. The van der Waals surface area contributed by atoms with Crippen LogP contribution in [0.25, 0.3) is 0 Å². The molecule has 1 aromatic heterocycles. The largest absolute Gasteiger partial charge is 0.396 e. The highest BCUT2D eigenvalue weighted by molar-refractivity contribution is 5.74. The predicted molar refractivity (Wildman–Crippen MR) is 88.0 cm³/mol. The number of nitrogens with zero attached hydrogens (tertiary/aromatic N) is 3. The van der Waals surface area contributed by atoms with Crippen LogP contribution in [0.3, 0.4) is 0 Å². The number of fused-ring (bicyclic) bond motifs is 1. The number of aliphatic hydroxyl groups is 1. The molecular weight excluding hydrogens is 294 g/mol. The van der Waals surface area contributed by atoms with Crippen LogP contribution in [0.1, 0.15) is 63.6 Å². The molecule has 3 N–H and O–H groups in total. The first kappa shape index (κ1) is 17.7. The first-order valence-electron chi connectivity index (χ1n) is 8.60. The van der Waals surface area contributed by atoms with Crippen LogP contribution < -0.4 is 10.6 Å². The maximum atomic E-state index is 12.3. The number of aliphatic hydroxyl groups excluding tert-OH is 1. The molecule has 1 unspecified atom stereocenters. The van der Waals surface area contributed by atoms with Gasteiger partial charge in [-0.05, 0) is 44.4 Å². The molecule has 0 fully saturated rings. The second-order valence-corrected chi connectivity index (χ2v) is 6.46. The molecule has 2 rings (SSSR count). The molecule has 0 spiro atoms. The molecule has 7 nitrogen and oxygen atoms in total. The van der Waals surface area contributed by atoms with E-state index in [0.717, 1.165) is 43.9 Å². The highest BCUT2D eigenvalue weighted by Gasteiger charge is 2.28. The van der Waals surface area contributed by atoms with Crippen molar-refractivity contribution in [1.82, 2.24) is 25.4 Å². The average Bonchev–Trinajstić information content (AvgIpc) is 2.94. The Balaban J connectivity index is 1.93. The van der Waals surface area contributed by atoms with Crippen molar-refractivity contribution in [1.29, 1.82) is 0 Å². The van der Waals surface area contributed by atoms with Gasteiger partial charge in [0.15, 0.2) is 5.82 Å². The fraction of sp³-hybridized carbons (Fsp3) is 0.812. The highest BCUT2D eigenvalue weighted by atomic mass is 16.3. The van der Waals surface area contributed by atoms with Crippen molar-refractivity contribution in [2.45, 2.75) is 65.5 Å². The fourth-order valence-corrected chi connectivity index (χ4v) is 3.31. The summed E-state index contributed by atoms with van der Waals surface area (Å²) in [6.07, 6.45) is 4.46. The summed E-state index contributed by atoms with van der Waals surface area (Å²) in [6.45, 7) is 7.78. The van der Waals surface area contributed by atoms with Gasteiger partial charge in [-0.25, -0.2) is 4.79 Å². The van der Waals surface area contributed by atoms with Gasteiger partial charge in [0.1, 0.15) is 5.82 Å². The molecule has 130 valence electrons. The molecule has 0 aliphatic carbocycles. The molecule has 1 atom stereocenters. The molecule has 0 bridgehead atoms. The van der Waals surface area contributed by atoms with Gasteiger partial charge < -0.3 is 20.3 Å². The number of rotatable bonds is 7. The first-order valence-corrected chi connectivity index (χ1v) is 8.60. The SMILES string of the molecule is CCC(CC)(CCO)CNC(=O)NC1CCCn2c(C)nnc21. The standard InChI is InChI=1S/C16H29N5O2/c1-4-16(5-2,8-10-22)11-17-15(23)18-13-7-6-9-21-12(3)19-20-14(13)21/h13,22H,4-11H2,1-3H3,(H2,17,18,23). The Kier molecular flexibility index (Phi) is 5.98. The van der Waals surface area contributed by atoms with Crippen molar-refractivity contribution in [3.63, 3.8) is 0 Å². The number of amides is 2. The molecule has 0 saturated carbocycles. The molecule has 2 amide bonds. The van der Waals surface area contributed by atoms with E-state index in [1.807, 2.05) is 6.92 Å². The van der Waals surface area contributed by atoms with Gasteiger partial charge in [-0.1, -0.05) is 13.8 Å². The first-order chi connectivity index (χ1) is 11.0. The van der Waals surface area contributed by atoms with Gasteiger partial charge in [0.25, 0.3) is 0 Å². The molecule has 0 saturated heterocycles. The zero-order valence-electron chi connectivity index (χ0n) is 14.4. The molecule has 0 radical (unpaired) electrons. The van der Waals surface area contributed by atoms with Gasteiger partial charge in [-0.15, -0.1) is 10.2 Å². The van der Waals surface area contributed by atoms with Crippen LogP contribution in [-0.2, 0) is 6.54 Å². The summed E-state index contributed by atoms with van der Waals surface area (Å²) in [7, 11) is 0. The Bertz CT molecular complexity index is 525. The predicted octanol–water partition coefficient (Wildman–Crippen LogP) is 1.91. The van der Waals surface area contributed by atoms with Crippen molar-refractivity contribution >= 4 is 6.03 Å². The second kappa shape index (κ2) is 7.77. The Labute approximate surface area is 137 Å². The quantitative estimate of drug-likeness (QED) is 0.715. The summed E-state index contributed by atoms with van der Waals surface area (Å²) in [6, 6.07) is -0.256. The number of carbonyl (C=O) groups excluding carboxylic acids is 1.